The number of hydrogen-bond acceptors (Lipinski definition) is 4. The molecule has 4 heteroatoms. The molecule has 1 saturated carbocycles. The Bertz CT molecular complexity index is 388. The van der Waals surface area contributed by atoms with Crippen LogP contribution in [0.5, 0.6) is 0 Å². The minimum Gasteiger partial charge on any atom is -0.392 e. The summed E-state index contributed by atoms with van der Waals surface area (Å²) in [5.74, 6) is 0. The molecule has 0 saturated heterocycles. The number of rotatable bonds is 8. The highest BCUT2D eigenvalue weighted by Gasteiger charge is 2.15. The molecule has 21 heavy (non-hydrogen) atoms. The lowest BCUT2D eigenvalue weighted by atomic mass is 9.98. The molecule has 0 heterocycles. The Balaban J connectivity index is 1.58. The number of nitrogens with one attached hydrogen (secondary N) is 1. The summed E-state index contributed by atoms with van der Waals surface area (Å²) in [6.45, 7) is 1.74. The van der Waals surface area contributed by atoms with Crippen molar-refractivity contribution >= 4 is 0 Å². The van der Waals surface area contributed by atoms with Crippen molar-refractivity contribution in [3.05, 3.63) is 35.4 Å². The lowest BCUT2D eigenvalue weighted by molar-refractivity contribution is -0.0230. The van der Waals surface area contributed by atoms with Gasteiger partial charge < -0.3 is 20.3 Å². The van der Waals surface area contributed by atoms with Crippen LogP contribution in [0, 0.1) is 0 Å². The number of hydrogen-bond donors (Lipinski definition) is 3. The Morgan fingerprint density at radius 3 is 2.43 bits per heavy atom. The average Bonchev–Trinajstić information content (AvgIpc) is 2.54. The van der Waals surface area contributed by atoms with E-state index in [4.69, 9.17) is 9.84 Å². The molecule has 1 atom stereocenters. The molecule has 0 radical (unpaired) electrons. The highest BCUT2D eigenvalue weighted by atomic mass is 16.5. The monoisotopic (exact) mass is 293 g/mol. The Morgan fingerprint density at radius 1 is 1.10 bits per heavy atom. The van der Waals surface area contributed by atoms with E-state index in [-0.39, 0.29) is 6.61 Å². The van der Waals surface area contributed by atoms with Crippen molar-refractivity contribution in [1.29, 1.82) is 0 Å². The summed E-state index contributed by atoms with van der Waals surface area (Å²) in [5, 5.41) is 22.1. The SMILES string of the molecule is OCc1ccc(CNCC(O)COC2CCCCC2)cc1. The second-order valence-electron chi connectivity index (χ2n) is 5.85. The van der Waals surface area contributed by atoms with Crippen LogP contribution in [0.25, 0.3) is 0 Å². The molecule has 1 fully saturated rings. The van der Waals surface area contributed by atoms with Crippen LogP contribution in [0.3, 0.4) is 0 Å². The van der Waals surface area contributed by atoms with E-state index in [0.29, 0.717) is 25.8 Å². The van der Waals surface area contributed by atoms with Gasteiger partial charge in [-0.3, -0.25) is 0 Å². The van der Waals surface area contributed by atoms with E-state index in [2.05, 4.69) is 5.32 Å². The number of aliphatic hydroxyl groups excluding tert-OH is 2. The summed E-state index contributed by atoms with van der Waals surface area (Å²) in [7, 11) is 0. The van der Waals surface area contributed by atoms with Gasteiger partial charge in [-0.1, -0.05) is 43.5 Å². The zero-order chi connectivity index (χ0) is 14.9. The average molecular weight is 293 g/mol. The Labute approximate surface area is 127 Å². The van der Waals surface area contributed by atoms with Gasteiger partial charge in [-0.25, -0.2) is 0 Å². The zero-order valence-corrected chi connectivity index (χ0v) is 12.6. The molecule has 3 N–H and O–H groups in total. The molecule has 0 aliphatic heterocycles. The van der Waals surface area contributed by atoms with Crippen LogP contribution in [0.15, 0.2) is 24.3 Å². The minimum absolute atomic E-state index is 0.0743. The minimum atomic E-state index is -0.455. The molecule has 0 aromatic heterocycles. The molecule has 0 bridgehead atoms. The molecule has 118 valence electrons. The number of ether oxygens (including phenoxy) is 1. The maximum atomic E-state index is 9.92. The summed E-state index contributed by atoms with van der Waals surface area (Å²) in [4.78, 5) is 0. The molecule has 1 unspecified atom stereocenters. The van der Waals surface area contributed by atoms with E-state index in [0.717, 1.165) is 24.0 Å². The van der Waals surface area contributed by atoms with Gasteiger partial charge in [-0.2, -0.15) is 0 Å². The first kappa shape index (κ1) is 16.4. The summed E-state index contributed by atoms with van der Waals surface area (Å²) >= 11 is 0. The number of aliphatic hydroxyl groups is 2. The number of benzene rings is 1. The summed E-state index contributed by atoms with van der Waals surface area (Å²) in [6, 6.07) is 7.81. The Morgan fingerprint density at radius 2 is 1.76 bits per heavy atom. The maximum Gasteiger partial charge on any atom is 0.0897 e. The van der Waals surface area contributed by atoms with E-state index >= 15 is 0 Å². The Kier molecular flexibility index (Phi) is 7.16. The Hall–Kier alpha value is -0.940. The van der Waals surface area contributed by atoms with Gasteiger partial charge in [0.15, 0.2) is 0 Å². The summed E-state index contributed by atoms with van der Waals surface area (Å²) < 4.78 is 5.76. The summed E-state index contributed by atoms with van der Waals surface area (Å²) in [5.41, 5.74) is 2.06. The van der Waals surface area contributed by atoms with Crippen molar-refractivity contribution in [2.75, 3.05) is 13.2 Å². The van der Waals surface area contributed by atoms with E-state index in [1.54, 1.807) is 0 Å². The third kappa shape index (κ3) is 6.14. The van der Waals surface area contributed by atoms with Crippen molar-refractivity contribution in [2.45, 2.75) is 57.5 Å². The van der Waals surface area contributed by atoms with E-state index in [1.165, 1.54) is 19.3 Å². The van der Waals surface area contributed by atoms with Gasteiger partial charge in [0.2, 0.25) is 0 Å². The zero-order valence-electron chi connectivity index (χ0n) is 12.6. The first-order chi connectivity index (χ1) is 10.3. The quantitative estimate of drug-likeness (QED) is 0.686. The van der Waals surface area contributed by atoms with Crippen molar-refractivity contribution in [3.63, 3.8) is 0 Å². The van der Waals surface area contributed by atoms with Crippen molar-refractivity contribution in [2.24, 2.45) is 0 Å². The van der Waals surface area contributed by atoms with Crippen LogP contribution in [0.2, 0.25) is 0 Å². The molecule has 4 nitrogen and oxygen atoms in total. The third-order valence-corrected chi connectivity index (χ3v) is 3.99. The van der Waals surface area contributed by atoms with Gasteiger partial charge in [0, 0.05) is 13.1 Å². The fourth-order valence-electron chi connectivity index (χ4n) is 2.68. The predicted molar refractivity (Wildman–Crippen MR) is 82.9 cm³/mol. The molecular formula is C17H27NO3. The van der Waals surface area contributed by atoms with Crippen LogP contribution in [0.4, 0.5) is 0 Å². The van der Waals surface area contributed by atoms with Crippen molar-refractivity contribution in [3.8, 4) is 0 Å². The van der Waals surface area contributed by atoms with Crippen LogP contribution < -0.4 is 5.32 Å². The molecule has 1 aliphatic carbocycles. The van der Waals surface area contributed by atoms with Crippen LogP contribution >= 0.6 is 0 Å². The second kappa shape index (κ2) is 9.15. The highest BCUT2D eigenvalue weighted by Crippen LogP contribution is 2.20. The smallest absolute Gasteiger partial charge is 0.0897 e. The van der Waals surface area contributed by atoms with Gasteiger partial charge in [-0.05, 0) is 24.0 Å². The summed E-state index contributed by atoms with van der Waals surface area (Å²) in [6.07, 6.45) is 5.99. The van der Waals surface area contributed by atoms with Crippen LogP contribution in [-0.4, -0.2) is 35.6 Å². The first-order valence-electron chi connectivity index (χ1n) is 7.97. The van der Waals surface area contributed by atoms with Gasteiger partial charge in [0.1, 0.15) is 0 Å². The molecule has 1 aliphatic rings. The van der Waals surface area contributed by atoms with Crippen molar-refractivity contribution in [1.82, 2.24) is 5.32 Å². The largest absolute Gasteiger partial charge is 0.392 e. The van der Waals surface area contributed by atoms with E-state index in [9.17, 15) is 5.11 Å². The standard InChI is InChI=1S/C17H27NO3/c19-12-15-8-6-14(7-9-15)10-18-11-16(20)13-21-17-4-2-1-3-5-17/h6-9,16-20H,1-5,10-13H2. The topological polar surface area (TPSA) is 61.7 Å². The van der Waals surface area contributed by atoms with Gasteiger partial charge in [-0.15, -0.1) is 0 Å². The van der Waals surface area contributed by atoms with Gasteiger partial charge in [0.05, 0.1) is 25.4 Å². The maximum absolute atomic E-state index is 9.92. The molecule has 1 aromatic carbocycles. The molecule has 1 aromatic rings. The third-order valence-electron chi connectivity index (χ3n) is 3.99. The molecular weight excluding hydrogens is 266 g/mol. The van der Waals surface area contributed by atoms with Gasteiger partial charge in [0.25, 0.3) is 0 Å². The lowest BCUT2D eigenvalue weighted by Gasteiger charge is -2.23. The molecule has 0 spiro atoms. The van der Waals surface area contributed by atoms with Crippen LogP contribution in [-0.2, 0) is 17.9 Å². The van der Waals surface area contributed by atoms with E-state index in [1.807, 2.05) is 24.3 Å². The van der Waals surface area contributed by atoms with E-state index < -0.39 is 6.10 Å². The lowest BCUT2D eigenvalue weighted by Crippen LogP contribution is -2.32. The highest BCUT2D eigenvalue weighted by molar-refractivity contribution is 5.21. The van der Waals surface area contributed by atoms with Crippen LogP contribution in [0.1, 0.15) is 43.2 Å². The molecule has 2 rings (SSSR count). The molecule has 0 amide bonds. The normalized spacial score (nSPS) is 17.8. The second-order valence-corrected chi connectivity index (χ2v) is 5.85. The predicted octanol–water partition coefficient (Wildman–Crippen LogP) is 1.98. The van der Waals surface area contributed by atoms with Crippen molar-refractivity contribution < 1.29 is 14.9 Å². The first-order valence-corrected chi connectivity index (χ1v) is 7.97. The van der Waals surface area contributed by atoms with Gasteiger partial charge >= 0.3 is 0 Å². The fraction of sp³-hybridized carbons (Fsp3) is 0.647. The fourth-order valence-corrected chi connectivity index (χ4v) is 2.68.